The lowest BCUT2D eigenvalue weighted by Gasteiger charge is -2.12. The van der Waals surface area contributed by atoms with Crippen LogP contribution in [-0.4, -0.2) is 36.3 Å². The van der Waals surface area contributed by atoms with Gasteiger partial charge in [0.15, 0.2) is 18.1 Å². The highest BCUT2D eigenvalue weighted by molar-refractivity contribution is 5.79. The molecule has 0 atom stereocenters. The molecule has 0 aliphatic carbocycles. The fraction of sp³-hybridized carbons (Fsp3) is 0.222. The minimum atomic E-state index is -0.481. The predicted molar refractivity (Wildman–Crippen MR) is 90.2 cm³/mol. The maximum atomic E-state index is 13.3. The molecule has 0 aliphatic rings. The molecule has 0 saturated heterocycles. The number of hydrogen-bond acceptors (Lipinski definition) is 5. The lowest BCUT2D eigenvalue weighted by atomic mass is 10.2. The van der Waals surface area contributed by atoms with E-state index >= 15 is 0 Å². The summed E-state index contributed by atoms with van der Waals surface area (Å²) in [5, 5.41) is 0. The van der Waals surface area contributed by atoms with Crippen LogP contribution in [0.4, 0.5) is 4.39 Å². The average molecular weight is 344 g/mol. The molecule has 6 nitrogen and oxygen atoms in total. The number of aromatic amines is 1. The molecule has 0 fully saturated rings. The molecule has 25 heavy (non-hydrogen) atoms. The molecule has 1 heterocycles. The summed E-state index contributed by atoms with van der Waals surface area (Å²) < 4.78 is 28.9. The van der Waals surface area contributed by atoms with Crippen molar-refractivity contribution in [3.05, 3.63) is 42.2 Å². The zero-order chi connectivity index (χ0) is 17.8. The van der Waals surface area contributed by atoms with Gasteiger partial charge in [0.05, 0.1) is 24.8 Å². The second kappa shape index (κ2) is 7.21. The van der Waals surface area contributed by atoms with E-state index < -0.39 is 5.97 Å². The molecule has 0 bridgehead atoms. The Labute approximate surface area is 143 Å². The van der Waals surface area contributed by atoms with E-state index in [0.29, 0.717) is 35.0 Å². The van der Waals surface area contributed by atoms with E-state index in [2.05, 4.69) is 14.7 Å². The Kier molecular flexibility index (Phi) is 4.83. The number of aromatic nitrogens is 2. The van der Waals surface area contributed by atoms with Crippen LogP contribution in [0.25, 0.3) is 22.4 Å². The number of benzene rings is 2. The van der Waals surface area contributed by atoms with Gasteiger partial charge in [-0.25, -0.2) is 14.2 Å². The van der Waals surface area contributed by atoms with Crippen molar-refractivity contribution in [3.63, 3.8) is 0 Å². The number of fused-ring (bicyclic) bond motifs is 1. The standard InChI is InChI=1S/C18H17FN2O4/c1-3-24-16-8-11(4-7-15(16)25-10-17(22)23-2)18-20-13-6-5-12(19)9-14(13)21-18/h4-9H,3,10H2,1-2H3,(H,20,21). The van der Waals surface area contributed by atoms with Gasteiger partial charge in [-0.1, -0.05) is 0 Å². The van der Waals surface area contributed by atoms with Gasteiger partial charge >= 0.3 is 5.97 Å². The Morgan fingerprint density at radius 1 is 1.16 bits per heavy atom. The van der Waals surface area contributed by atoms with Crippen LogP contribution in [0, 0.1) is 5.82 Å². The number of halogens is 1. The third-order valence-electron chi connectivity index (χ3n) is 3.53. The number of carbonyl (C=O) groups excluding carboxylic acids is 1. The fourth-order valence-electron chi connectivity index (χ4n) is 2.36. The predicted octanol–water partition coefficient (Wildman–Crippen LogP) is 3.32. The molecule has 0 radical (unpaired) electrons. The lowest BCUT2D eigenvalue weighted by Crippen LogP contribution is -2.13. The molecule has 1 N–H and O–H groups in total. The van der Waals surface area contributed by atoms with E-state index in [9.17, 15) is 9.18 Å². The summed E-state index contributed by atoms with van der Waals surface area (Å²) in [6.45, 7) is 2.07. The van der Waals surface area contributed by atoms with Gasteiger partial charge in [0.1, 0.15) is 11.6 Å². The Morgan fingerprint density at radius 2 is 2.00 bits per heavy atom. The number of H-pyrrole nitrogens is 1. The van der Waals surface area contributed by atoms with Crippen LogP contribution in [0.3, 0.4) is 0 Å². The summed E-state index contributed by atoms with van der Waals surface area (Å²) in [5.74, 6) is 0.685. The van der Waals surface area contributed by atoms with Crippen molar-refractivity contribution >= 4 is 17.0 Å². The van der Waals surface area contributed by atoms with Crippen LogP contribution < -0.4 is 9.47 Å². The maximum absolute atomic E-state index is 13.3. The highest BCUT2D eigenvalue weighted by Gasteiger charge is 2.12. The molecule has 1 aromatic heterocycles. The van der Waals surface area contributed by atoms with E-state index in [0.717, 1.165) is 5.56 Å². The lowest BCUT2D eigenvalue weighted by molar-refractivity contribution is -0.142. The summed E-state index contributed by atoms with van der Waals surface area (Å²) >= 11 is 0. The first-order chi connectivity index (χ1) is 12.1. The van der Waals surface area contributed by atoms with Gasteiger partial charge in [0.25, 0.3) is 0 Å². The summed E-state index contributed by atoms with van der Waals surface area (Å²) in [5.41, 5.74) is 2.03. The number of nitrogens with zero attached hydrogens (tertiary/aromatic N) is 1. The average Bonchev–Trinajstić information content (AvgIpc) is 3.03. The molecule has 130 valence electrons. The van der Waals surface area contributed by atoms with Gasteiger partial charge in [-0.2, -0.15) is 0 Å². The van der Waals surface area contributed by atoms with Crippen molar-refractivity contribution in [1.29, 1.82) is 0 Å². The fourth-order valence-corrected chi connectivity index (χ4v) is 2.36. The van der Waals surface area contributed by atoms with E-state index in [4.69, 9.17) is 9.47 Å². The molecule has 0 spiro atoms. The zero-order valence-corrected chi connectivity index (χ0v) is 13.8. The first-order valence-corrected chi connectivity index (χ1v) is 7.73. The third-order valence-corrected chi connectivity index (χ3v) is 3.53. The van der Waals surface area contributed by atoms with Gasteiger partial charge in [-0.05, 0) is 43.3 Å². The monoisotopic (exact) mass is 344 g/mol. The first-order valence-electron chi connectivity index (χ1n) is 7.73. The zero-order valence-electron chi connectivity index (χ0n) is 13.8. The number of hydrogen-bond donors (Lipinski definition) is 1. The van der Waals surface area contributed by atoms with Crippen LogP contribution in [0.5, 0.6) is 11.5 Å². The van der Waals surface area contributed by atoms with Crippen molar-refractivity contribution in [2.24, 2.45) is 0 Å². The van der Waals surface area contributed by atoms with Crippen molar-refractivity contribution in [2.45, 2.75) is 6.92 Å². The molecule has 3 aromatic rings. The molecule has 2 aromatic carbocycles. The maximum Gasteiger partial charge on any atom is 0.343 e. The van der Waals surface area contributed by atoms with Crippen LogP contribution in [0.1, 0.15) is 6.92 Å². The van der Waals surface area contributed by atoms with Gasteiger partial charge in [-0.3, -0.25) is 0 Å². The number of carbonyl (C=O) groups is 1. The normalized spacial score (nSPS) is 10.7. The summed E-state index contributed by atoms with van der Waals surface area (Å²) in [6.07, 6.45) is 0. The van der Waals surface area contributed by atoms with Gasteiger partial charge < -0.3 is 19.2 Å². The number of ether oxygens (including phenoxy) is 3. The first kappa shape index (κ1) is 16.8. The van der Waals surface area contributed by atoms with Crippen LogP contribution >= 0.6 is 0 Å². The Morgan fingerprint density at radius 3 is 2.76 bits per heavy atom. The molecule has 0 amide bonds. The summed E-state index contributed by atoms with van der Waals surface area (Å²) in [6, 6.07) is 9.60. The number of rotatable bonds is 6. The van der Waals surface area contributed by atoms with Crippen molar-refractivity contribution in [2.75, 3.05) is 20.3 Å². The second-order valence-electron chi connectivity index (χ2n) is 5.21. The van der Waals surface area contributed by atoms with Gasteiger partial charge in [0.2, 0.25) is 0 Å². The molecule has 0 aliphatic heterocycles. The van der Waals surface area contributed by atoms with Crippen LogP contribution in [-0.2, 0) is 9.53 Å². The minimum absolute atomic E-state index is 0.208. The Balaban J connectivity index is 1.92. The molecule has 0 saturated carbocycles. The highest BCUT2D eigenvalue weighted by Crippen LogP contribution is 2.32. The highest BCUT2D eigenvalue weighted by atomic mass is 19.1. The van der Waals surface area contributed by atoms with Crippen molar-refractivity contribution in [1.82, 2.24) is 9.97 Å². The number of imidazole rings is 1. The number of methoxy groups -OCH3 is 1. The second-order valence-corrected chi connectivity index (χ2v) is 5.21. The molecule has 3 rings (SSSR count). The van der Waals surface area contributed by atoms with Gasteiger partial charge in [0, 0.05) is 5.56 Å². The van der Waals surface area contributed by atoms with Crippen molar-refractivity contribution < 1.29 is 23.4 Å². The van der Waals surface area contributed by atoms with Gasteiger partial charge in [-0.15, -0.1) is 0 Å². The van der Waals surface area contributed by atoms with Crippen molar-refractivity contribution in [3.8, 4) is 22.9 Å². The van der Waals surface area contributed by atoms with E-state index in [1.54, 1.807) is 24.3 Å². The number of nitrogens with one attached hydrogen (secondary N) is 1. The van der Waals surface area contributed by atoms with Crippen LogP contribution in [0.15, 0.2) is 36.4 Å². The third kappa shape index (κ3) is 3.71. The summed E-state index contributed by atoms with van der Waals surface area (Å²) in [4.78, 5) is 18.8. The SMILES string of the molecule is CCOc1cc(-c2nc3ccc(F)cc3[nH]2)ccc1OCC(=O)OC. The Hall–Kier alpha value is -3.09. The topological polar surface area (TPSA) is 73.4 Å². The molecular formula is C18H17FN2O4. The molecular weight excluding hydrogens is 327 g/mol. The molecule has 0 unspecified atom stereocenters. The molecule has 7 heteroatoms. The van der Waals surface area contributed by atoms with E-state index in [1.807, 2.05) is 6.92 Å². The van der Waals surface area contributed by atoms with E-state index in [1.165, 1.54) is 19.2 Å². The minimum Gasteiger partial charge on any atom is -0.490 e. The Bertz CT molecular complexity index is 907. The summed E-state index contributed by atoms with van der Waals surface area (Å²) in [7, 11) is 1.29. The smallest absolute Gasteiger partial charge is 0.343 e. The number of esters is 1. The quantitative estimate of drug-likeness (QED) is 0.695. The van der Waals surface area contributed by atoms with E-state index in [-0.39, 0.29) is 12.4 Å². The van der Waals surface area contributed by atoms with Crippen LogP contribution in [0.2, 0.25) is 0 Å². The largest absolute Gasteiger partial charge is 0.490 e.